The van der Waals surface area contributed by atoms with Gasteiger partial charge in [-0.2, -0.15) is 0 Å². The van der Waals surface area contributed by atoms with Gasteiger partial charge in [0.1, 0.15) is 0 Å². The van der Waals surface area contributed by atoms with Crippen LogP contribution in [0.15, 0.2) is 11.6 Å². The molecule has 0 heterocycles. The van der Waals surface area contributed by atoms with Gasteiger partial charge in [-0.3, -0.25) is 4.79 Å². The minimum Gasteiger partial charge on any atom is -0.466 e. The molecule has 0 fully saturated rings. The monoisotopic (exact) mass is 142 g/mol. The van der Waals surface area contributed by atoms with Gasteiger partial charge in [-0.25, -0.2) is 4.79 Å². The Hall–Kier alpha value is -1.12. The maximum absolute atomic E-state index is 10.5. The van der Waals surface area contributed by atoms with Crippen LogP contribution >= 0.6 is 0 Å². The fourth-order valence-electron chi connectivity index (χ4n) is 0.337. The van der Waals surface area contributed by atoms with Crippen molar-refractivity contribution in [3.63, 3.8) is 0 Å². The second-order valence-corrected chi connectivity index (χ2v) is 1.91. The second-order valence-electron chi connectivity index (χ2n) is 1.91. The Morgan fingerprint density at radius 2 is 1.80 bits per heavy atom. The Morgan fingerprint density at radius 1 is 1.30 bits per heavy atom. The lowest BCUT2D eigenvalue weighted by Crippen LogP contribution is -1.99. The molecule has 0 rings (SSSR count). The molecule has 0 saturated heterocycles. The van der Waals surface area contributed by atoms with Crippen LogP contribution in [0.2, 0.25) is 0 Å². The third-order valence-corrected chi connectivity index (χ3v) is 1.09. The molecule has 0 atom stereocenters. The van der Waals surface area contributed by atoms with Crippen LogP contribution in [0.3, 0.4) is 0 Å². The largest absolute Gasteiger partial charge is 0.466 e. The van der Waals surface area contributed by atoms with Crippen LogP contribution < -0.4 is 0 Å². The van der Waals surface area contributed by atoms with E-state index in [9.17, 15) is 9.59 Å². The minimum absolute atomic E-state index is 0.120. The first-order valence-electron chi connectivity index (χ1n) is 2.85. The number of methoxy groups -OCH3 is 1. The molecule has 0 aromatic heterocycles. The number of rotatable bonds is 2. The van der Waals surface area contributed by atoms with Gasteiger partial charge in [-0.1, -0.05) is 0 Å². The number of Topliss-reactive ketones (excluding diaryl/α,β-unsaturated/α-hetero) is 1. The van der Waals surface area contributed by atoms with Crippen molar-refractivity contribution in [2.45, 2.75) is 13.8 Å². The van der Waals surface area contributed by atoms with Crippen molar-refractivity contribution in [3.8, 4) is 0 Å². The second kappa shape index (κ2) is 3.82. The van der Waals surface area contributed by atoms with Gasteiger partial charge in [0.05, 0.1) is 7.11 Å². The molecular formula is C7H10O3. The number of allylic oxidation sites excluding steroid dienone is 1. The highest BCUT2D eigenvalue weighted by Gasteiger charge is 1.99. The highest BCUT2D eigenvalue weighted by atomic mass is 16.5. The molecular weight excluding hydrogens is 132 g/mol. The van der Waals surface area contributed by atoms with Crippen LogP contribution in [-0.2, 0) is 14.3 Å². The zero-order valence-electron chi connectivity index (χ0n) is 6.30. The Morgan fingerprint density at radius 3 is 2.10 bits per heavy atom. The van der Waals surface area contributed by atoms with Crippen molar-refractivity contribution in [2.75, 3.05) is 7.11 Å². The van der Waals surface area contributed by atoms with E-state index < -0.39 is 5.97 Å². The smallest absolute Gasteiger partial charge is 0.330 e. The Balaban J connectivity index is 4.16. The van der Waals surface area contributed by atoms with Gasteiger partial charge in [0.15, 0.2) is 5.78 Å². The van der Waals surface area contributed by atoms with E-state index in [1.807, 2.05) is 0 Å². The molecule has 0 aromatic rings. The standard InChI is InChI=1S/C7H10O3/c1-5(6(2)8)4-7(9)10-3/h4H,1-3H3/b5-4-. The zero-order chi connectivity index (χ0) is 8.15. The quantitative estimate of drug-likeness (QED) is 0.421. The first-order chi connectivity index (χ1) is 4.57. The highest BCUT2D eigenvalue weighted by Crippen LogP contribution is 1.93. The van der Waals surface area contributed by atoms with Crippen LogP contribution in [0.5, 0.6) is 0 Å². The molecule has 3 heteroatoms. The van der Waals surface area contributed by atoms with Crippen molar-refractivity contribution in [1.82, 2.24) is 0 Å². The Kier molecular flexibility index (Phi) is 3.39. The predicted molar refractivity (Wildman–Crippen MR) is 36.5 cm³/mol. The third kappa shape index (κ3) is 3.02. The summed E-state index contributed by atoms with van der Waals surface area (Å²) in [6.07, 6.45) is 1.17. The molecule has 0 aromatic carbocycles. The number of hydrogen-bond acceptors (Lipinski definition) is 3. The van der Waals surface area contributed by atoms with Gasteiger partial charge < -0.3 is 4.74 Å². The van der Waals surface area contributed by atoms with Crippen molar-refractivity contribution < 1.29 is 14.3 Å². The van der Waals surface area contributed by atoms with E-state index in [1.165, 1.54) is 20.1 Å². The van der Waals surface area contributed by atoms with E-state index in [2.05, 4.69) is 4.74 Å². The lowest BCUT2D eigenvalue weighted by atomic mass is 10.2. The lowest BCUT2D eigenvalue weighted by molar-refractivity contribution is -0.135. The van der Waals surface area contributed by atoms with E-state index in [4.69, 9.17) is 0 Å². The number of ether oxygens (including phenoxy) is 1. The Labute approximate surface area is 59.7 Å². The fraction of sp³-hybridized carbons (Fsp3) is 0.429. The van der Waals surface area contributed by atoms with Crippen molar-refractivity contribution >= 4 is 11.8 Å². The molecule has 0 radical (unpaired) electrons. The molecule has 56 valence electrons. The van der Waals surface area contributed by atoms with Crippen LogP contribution in [0.4, 0.5) is 0 Å². The van der Waals surface area contributed by atoms with Crippen LogP contribution in [0.1, 0.15) is 13.8 Å². The fourth-order valence-corrected chi connectivity index (χ4v) is 0.337. The number of hydrogen-bond donors (Lipinski definition) is 0. The maximum atomic E-state index is 10.5. The van der Waals surface area contributed by atoms with Crippen molar-refractivity contribution in [1.29, 1.82) is 0 Å². The molecule has 0 unspecified atom stereocenters. The number of esters is 1. The van der Waals surface area contributed by atoms with E-state index in [1.54, 1.807) is 6.92 Å². The maximum Gasteiger partial charge on any atom is 0.330 e. The molecule has 0 N–H and O–H groups in total. The van der Waals surface area contributed by atoms with Gasteiger partial charge in [-0.15, -0.1) is 0 Å². The van der Waals surface area contributed by atoms with Gasteiger partial charge in [0.2, 0.25) is 0 Å². The summed E-state index contributed by atoms with van der Waals surface area (Å²) in [5.41, 5.74) is 0.409. The lowest BCUT2D eigenvalue weighted by Gasteiger charge is -1.92. The summed E-state index contributed by atoms with van der Waals surface area (Å²) in [5, 5.41) is 0. The minimum atomic E-state index is -0.493. The van der Waals surface area contributed by atoms with E-state index in [0.717, 1.165) is 0 Å². The number of carbonyl (C=O) groups is 2. The topological polar surface area (TPSA) is 43.4 Å². The van der Waals surface area contributed by atoms with Crippen LogP contribution in [0, 0.1) is 0 Å². The van der Waals surface area contributed by atoms with Crippen molar-refractivity contribution in [3.05, 3.63) is 11.6 Å². The first-order valence-corrected chi connectivity index (χ1v) is 2.85. The summed E-state index contributed by atoms with van der Waals surface area (Å²) in [7, 11) is 1.27. The molecule has 0 saturated carbocycles. The normalized spacial score (nSPS) is 10.9. The van der Waals surface area contributed by atoms with E-state index in [-0.39, 0.29) is 5.78 Å². The molecule has 0 bridgehead atoms. The number of carbonyl (C=O) groups excluding carboxylic acids is 2. The van der Waals surface area contributed by atoms with Crippen LogP contribution in [0.25, 0.3) is 0 Å². The summed E-state index contributed by atoms with van der Waals surface area (Å²) in [6, 6.07) is 0. The average Bonchev–Trinajstić information content (AvgIpc) is 1.87. The first kappa shape index (κ1) is 8.88. The summed E-state index contributed by atoms with van der Waals surface area (Å²) < 4.78 is 4.30. The zero-order valence-corrected chi connectivity index (χ0v) is 6.30. The third-order valence-electron chi connectivity index (χ3n) is 1.09. The van der Waals surface area contributed by atoms with Gasteiger partial charge in [0.25, 0.3) is 0 Å². The average molecular weight is 142 g/mol. The van der Waals surface area contributed by atoms with Gasteiger partial charge in [-0.05, 0) is 19.4 Å². The summed E-state index contributed by atoms with van der Waals surface area (Å²) >= 11 is 0. The SMILES string of the molecule is COC(=O)/C=C(/C)C(C)=O. The summed E-state index contributed by atoms with van der Waals surface area (Å²) in [6.45, 7) is 2.97. The molecule has 0 aliphatic carbocycles. The highest BCUT2D eigenvalue weighted by molar-refractivity contribution is 5.98. The molecule has 0 spiro atoms. The van der Waals surface area contributed by atoms with Crippen LogP contribution in [-0.4, -0.2) is 18.9 Å². The molecule has 0 aliphatic heterocycles. The molecule has 10 heavy (non-hydrogen) atoms. The summed E-state index contributed by atoms with van der Waals surface area (Å²) in [4.78, 5) is 21.0. The molecule has 3 nitrogen and oxygen atoms in total. The van der Waals surface area contributed by atoms with E-state index in [0.29, 0.717) is 5.57 Å². The Bertz CT molecular complexity index is 179. The predicted octanol–water partition coefficient (Wildman–Crippen LogP) is 0.695. The summed E-state index contributed by atoms with van der Waals surface area (Å²) in [5.74, 6) is -0.613. The molecule has 0 aliphatic rings. The number of ketones is 1. The van der Waals surface area contributed by atoms with Crippen molar-refractivity contribution in [2.24, 2.45) is 0 Å². The molecule has 0 amide bonds. The van der Waals surface area contributed by atoms with E-state index >= 15 is 0 Å². The van der Waals surface area contributed by atoms with Gasteiger partial charge >= 0.3 is 5.97 Å². The van der Waals surface area contributed by atoms with Gasteiger partial charge in [0, 0.05) is 6.08 Å².